The first kappa shape index (κ1) is 12.2. The van der Waals surface area contributed by atoms with Crippen molar-refractivity contribution in [1.82, 2.24) is 0 Å². The quantitative estimate of drug-likeness (QED) is 0.680. The standard InChI is InChI=1S/C9Br3N3/c10-7-4(1-13)8(11)6(3-15)9(12)5(7)2-14. The van der Waals surface area contributed by atoms with E-state index >= 15 is 0 Å². The molecule has 0 heterocycles. The number of halogens is 3. The fraction of sp³-hybridized carbons (Fsp3) is 0. The highest BCUT2D eigenvalue weighted by Crippen LogP contribution is 2.37. The Balaban J connectivity index is 3.88. The lowest BCUT2D eigenvalue weighted by Crippen LogP contribution is -1.93. The van der Waals surface area contributed by atoms with Crippen molar-refractivity contribution in [2.45, 2.75) is 0 Å². The van der Waals surface area contributed by atoms with Crippen LogP contribution in [-0.2, 0) is 0 Å². The molecule has 1 aromatic rings. The van der Waals surface area contributed by atoms with Gasteiger partial charge in [-0.05, 0) is 47.8 Å². The largest absolute Gasteiger partial charge is 0.192 e. The van der Waals surface area contributed by atoms with Gasteiger partial charge < -0.3 is 0 Å². The molecule has 6 heteroatoms. The molecule has 0 aliphatic rings. The Kier molecular flexibility index (Phi) is 3.88. The van der Waals surface area contributed by atoms with Crippen molar-refractivity contribution in [1.29, 1.82) is 15.8 Å². The number of hydrogen-bond donors (Lipinski definition) is 0. The monoisotopic (exact) mass is 387 g/mol. The Morgan fingerprint density at radius 3 is 0.933 bits per heavy atom. The lowest BCUT2D eigenvalue weighted by molar-refractivity contribution is 1.35. The van der Waals surface area contributed by atoms with Crippen molar-refractivity contribution < 1.29 is 0 Å². The van der Waals surface area contributed by atoms with Crippen LogP contribution in [0.3, 0.4) is 0 Å². The van der Waals surface area contributed by atoms with Crippen molar-refractivity contribution in [3.63, 3.8) is 0 Å². The van der Waals surface area contributed by atoms with Crippen LogP contribution in [-0.4, -0.2) is 0 Å². The summed E-state index contributed by atoms with van der Waals surface area (Å²) in [5.41, 5.74) is 0.726. The highest BCUT2D eigenvalue weighted by atomic mass is 79.9. The lowest BCUT2D eigenvalue weighted by atomic mass is 10.1. The second kappa shape index (κ2) is 4.77. The molecule has 0 N–H and O–H groups in total. The molecule has 72 valence electrons. The third kappa shape index (κ3) is 1.92. The summed E-state index contributed by atoms with van der Waals surface area (Å²) < 4.78 is 1.14. The van der Waals surface area contributed by atoms with Crippen molar-refractivity contribution in [2.75, 3.05) is 0 Å². The molecule has 0 radical (unpaired) electrons. The second-order valence-corrected chi connectivity index (χ2v) is 4.78. The van der Waals surface area contributed by atoms with Crippen molar-refractivity contribution in [3.8, 4) is 18.2 Å². The fourth-order valence-electron chi connectivity index (χ4n) is 0.959. The average molecular weight is 390 g/mol. The summed E-state index contributed by atoms with van der Waals surface area (Å²) in [5, 5.41) is 26.7. The van der Waals surface area contributed by atoms with Crippen LogP contribution >= 0.6 is 47.8 Å². The maximum atomic E-state index is 8.89. The molecule has 1 aromatic carbocycles. The maximum absolute atomic E-state index is 8.89. The molecule has 0 aliphatic heterocycles. The number of hydrogen-bond acceptors (Lipinski definition) is 3. The molecule has 0 unspecified atom stereocenters. The van der Waals surface area contributed by atoms with E-state index in [4.69, 9.17) is 15.8 Å². The van der Waals surface area contributed by atoms with Gasteiger partial charge in [-0.3, -0.25) is 0 Å². The van der Waals surface area contributed by atoms with Gasteiger partial charge in [0, 0.05) is 0 Å². The molecule has 0 aliphatic carbocycles. The van der Waals surface area contributed by atoms with Gasteiger partial charge in [0.05, 0.1) is 30.1 Å². The fourth-order valence-corrected chi connectivity index (χ4v) is 3.48. The van der Waals surface area contributed by atoms with Crippen molar-refractivity contribution in [3.05, 3.63) is 30.1 Å². The minimum atomic E-state index is 0.242. The number of rotatable bonds is 0. The zero-order valence-corrected chi connectivity index (χ0v) is 11.7. The Labute approximate surface area is 111 Å². The highest BCUT2D eigenvalue weighted by molar-refractivity contribution is 9.11. The summed E-state index contributed by atoms with van der Waals surface area (Å²) >= 11 is 9.46. The summed E-state index contributed by atoms with van der Waals surface area (Å²) in [6.07, 6.45) is 0. The molecule has 0 aromatic heterocycles. The third-order valence-electron chi connectivity index (χ3n) is 1.65. The van der Waals surface area contributed by atoms with Crippen LogP contribution in [0.2, 0.25) is 0 Å². The minimum Gasteiger partial charge on any atom is -0.192 e. The molecule has 3 nitrogen and oxygen atoms in total. The van der Waals surface area contributed by atoms with Crippen LogP contribution < -0.4 is 0 Å². The van der Waals surface area contributed by atoms with Gasteiger partial charge >= 0.3 is 0 Å². The molecule has 1 rings (SSSR count). The van der Waals surface area contributed by atoms with E-state index < -0.39 is 0 Å². The van der Waals surface area contributed by atoms with Gasteiger partial charge in [0.15, 0.2) is 0 Å². The van der Waals surface area contributed by atoms with Crippen LogP contribution in [0.25, 0.3) is 0 Å². The first-order valence-electron chi connectivity index (χ1n) is 3.49. The van der Waals surface area contributed by atoms with Gasteiger partial charge in [0.25, 0.3) is 0 Å². The van der Waals surface area contributed by atoms with Gasteiger partial charge in [-0.25, -0.2) is 0 Å². The molecule has 0 amide bonds. The highest BCUT2D eigenvalue weighted by Gasteiger charge is 2.19. The van der Waals surface area contributed by atoms with E-state index in [2.05, 4.69) is 47.8 Å². The van der Waals surface area contributed by atoms with Crippen molar-refractivity contribution in [2.24, 2.45) is 0 Å². The van der Waals surface area contributed by atoms with Gasteiger partial charge in [0.2, 0.25) is 0 Å². The molecule has 0 saturated heterocycles. The van der Waals surface area contributed by atoms with Crippen LogP contribution in [0.4, 0.5) is 0 Å². The molecule has 0 fully saturated rings. The molecule has 0 spiro atoms. The summed E-state index contributed by atoms with van der Waals surface area (Å²) in [7, 11) is 0. The Morgan fingerprint density at radius 1 is 0.600 bits per heavy atom. The van der Waals surface area contributed by atoms with E-state index in [0.717, 1.165) is 0 Å². The number of benzene rings is 1. The number of nitriles is 3. The van der Waals surface area contributed by atoms with Crippen LogP contribution in [0, 0.1) is 34.0 Å². The molecular weight excluding hydrogens is 390 g/mol. The van der Waals surface area contributed by atoms with Crippen LogP contribution in [0.5, 0.6) is 0 Å². The summed E-state index contributed by atoms with van der Waals surface area (Å²) in [4.78, 5) is 0. The Bertz CT molecular complexity index is 456. The number of nitrogens with zero attached hydrogens (tertiary/aromatic N) is 3. The second-order valence-electron chi connectivity index (χ2n) is 2.40. The molecular formula is C9Br3N3. The molecule has 0 bridgehead atoms. The van der Waals surface area contributed by atoms with Gasteiger partial charge in [0.1, 0.15) is 18.2 Å². The summed E-state index contributed by atoms with van der Waals surface area (Å²) in [6, 6.07) is 5.77. The van der Waals surface area contributed by atoms with Crippen molar-refractivity contribution >= 4 is 47.8 Å². The Hall–Kier alpha value is -0.870. The Morgan fingerprint density at radius 2 is 0.800 bits per heavy atom. The lowest BCUT2D eigenvalue weighted by Gasteiger charge is -2.06. The first-order valence-corrected chi connectivity index (χ1v) is 5.87. The van der Waals surface area contributed by atoms with Gasteiger partial charge in [-0.2, -0.15) is 15.8 Å². The molecule has 0 atom stereocenters. The predicted octanol–water partition coefficient (Wildman–Crippen LogP) is 3.59. The van der Waals surface area contributed by atoms with E-state index in [9.17, 15) is 0 Å². The zero-order valence-electron chi connectivity index (χ0n) is 6.98. The zero-order chi connectivity index (χ0) is 11.6. The minimum absolute atomic E-state index is 0.242. The predicted molar refractivity (Wildman–Crippen MR) is 63.7 cm³/mol. The average Bonchev–Trinajstić information content (AvgIpc) is 2.19. The smallest absolute Gasteiger partial charge is 0.102 e. The summed E-state index contributed by atoms with van der Waals surface area (Å²) in [6.45, 7) is 0. The summed E-state index contributed by atoms with van der Waals surface area (Å²) in [5.74, 6) is 0. The van der Waals surface area contributed by atoms with Gasteiger partial charge in [-0.15, -0.1) is 0 Å². The SMILES string of the molecule is N#Cc1c(Br)c(C#N)c(Br)c(C#N)c1Br. The van der Waals surface area contributed by atoms with E-state index in [1.54, 1.807) is 0 Å². The van der Waals surface area contributed by atoms with Crippen LogP contribution in [0.1, 0.15) is 16.7 Å². The molecule has 0 saturated carbocycles. The topological polar surface area (TPSA) is 71.4 Å². The third-order valence-corrected chi connectivity index (χ3v) is 4.03. The maximum Gasteiger partial charge on any atom is 0.102 e. The van der Waals surface area contributed by atoms with E-state index in [1.807, 2.05) is 18.2 Å². The van der Waals surface area contributed by atoms with Crippen LogP contribution in [0.15, 0.2) is 13.4 Å². The first-order chi connectivity index (χ1) is 7.08. The molecule has 15 heavy (non-hydrogen) atoms. The van der Waals surface area contributed by atoms with E-state index in [0.29, 0.717) is 13.4 Å². The van der Waals surface area contributed by atoms with Gasteiger partial charge in [-0.1, -0.05) is 0 Å². The van der Waals surface area contributed by atoms with E-state index in [-0.39, 0.29) is 16.7 Å². The van der Waals surface area contributed by atoms with E-state index in [1.165, 1.54) is 0 Å². The normalized spacial score (nSPS) is 8.80.